The Bertz CT molecular complexity index is 464. The maximum Gasteiger partial charge on any atom is 0.229 e. The lowest BCUT2D eigenvalue weighted by Gasteiger charge is -2.17. The van der Waals surface area contributed by atoms with E-state index in [4.69, 9.17) is 0 Å². The van der Waals surface area contributed by atoms with E-state index in [-0.39, 0.29) is 11.8 Å². The van der Waals surface area contributed by atoms with E-state index in [2.05, 4.69) is 22.5 Å². The third kappa shape index (κ3) is 1.97. The zero-order chi connectivity index (χ0) is 11.8. The van der Waals surface area contributed by atoms with E-state index in [1.807, 2.05) is 19.1 Å². The maximum absolute atomic E-state index is 12.1. The van der Waals surface area contributed by atoms with E-state index in [1.165, 1.54) is 0 Å². The van der Waals surface area contributed by atoms with Gasteiger partial charge in [-0.3, -0.25) is 4.79 Å². The lowest BCUT2D eigenvalue weighted by Crippen LogP contribution is -2.26. The fourth-order valence-electron chi connectivity index (χ4n) is 2.84. The average Bonchev–Trinajstić information content (AvgIpc) is 2.94. The molecular formula is C14H16N2O. The molecule has 0 radical (unpaired) electrons. The number of pyridine rings is 1. The van der Waals surface area contributed by atoms with Gasteiger partial charge in [0.1, 0.15) is 5.82 Å². The van der Waals surface area contributed by atoms with Crippen LogP contribution in [0.3, 0.4) is 0 Å². The van der Waals surface area contributed by atoms with Crippen molar-refractivity contribution in [1.29, 1.82) is 0 Å². The van der Waals surface area contributed by atoms with Gasteiger partial charge in [0.2, 0.25) is 5.91 Å². The quantitative estimate of drug-likeness (QED) is 0.790. The number of amides is 1. The van der Waals surface area contributed by atoms with Crippen LogP contribution in [-0.4, -0.2) is 10.9 Å². The van der Waals surface area contributed by atoms with E-state index in [9.17, 15) is 4.79 Å². The minimum absolute atomic E-state index is 0.123. The lowest BCUT2D eigenvalue weighted by atomic mass is 9.93. The fourth-order valence-corrected chi connectivity index (χ4v) is 2.84. The molecule has 1 saturated carbocycles. The molecule has 2 aliphatic rings. The van der Waals surface area contributed by atoms with Gasteiger partial charge in [0.25, 0.3) is 0 Å². The Morgan fingerprint density at radius 2 is 2.24 bits per heavy atom. The summed E-state index contributed by atoms with van der Waals surface area (Å²) in [6, 6.07) is 3.82. The molecule has 1 amide bonds. The second-order valence-electron chi connectivity index (χ2n) is 5.10. The first-order valence-corrected chi connectivity index (χ1v) is 6.14. The van der Waals surface area contributed by atoms with Crippen LogP contribution in [0.2, 0.25) is 0 Å². The number of nitrogens with zero attached hydrogens (tertiary/aromatic N) is 1. The summed E-state index contributed by atoms with van der Waals surface area (Å²) < 4.78 is 0. The van der Waals surface area contributed by atoms with Gasteiger partial charge in [0.05, 0.1) is 0 Å². The Morgan fingerprint density at radius 3 is 2.82 bits per heavy atom. The van der Waals surface area contributed by atoms with Gasteiger partial charge < -0.3 is 5.32 Å². The highest BCUT2D eigenvalue weighted by atomic mass is 16.2. The van der Waals surface area contributed by atoms with Crippen molar-refractivity contribution in [2.45, 2.75) is 19.8 Å². The van der Waals surface area contributed by atoms with Crippen molar-refractivity contribution >= 4 is 11.7 Å². The molecule has 0 unspecified atom stereocenters. The first kappa shape index (κ1) is 10.5. The number of carbonyl (C=O) groups excluding carboxylic acids is 1. The highest BCUT2D eigenvalue weighted by Gasteiger charge is 2.39. The Balaban J connectivity index is 1.68. The summed E-state index contributed by atoms with van der Waals surface area (Å²) in [6.45, 7) is 1.99. The van der Waals surface area contributed by atoms with Crippen LogP contribution < -0.4 is 5.32 Å². The topological polar surface area (TPSA) is 42.0 Å². The van der Waals surface area contributed by atoms with E-state index in [0.29, 0.717) is 17.7 Å². The number of allylic oxidation sites excluding steroid dienone is 2. The molecule has 0 aliphatic heterocycles. The third-order valence-electron chi connectivity index (χ3n) is 3.78. The number of hydrogen-bond donors (Lipinski definition) is 1. The van der Waals surface area contributed by atoms with Crippen molar-refractivity contribution in [3.05, 3.63) is 36.0 Å². The zero-order valence-electron chi connectivity index (χ0n) is 9.89. The van der Waals surface area contributed by atoms with Crippen molar-refractivity contribution < 1.29 is 4.79 Å². The summed E-state index contributed by atoms with van der Waals surface area (Å²) in [5.41, 5.74) is 1.10. The number of aromatic nitrogens is 1. The minimum atomic E-state index is 0.123. The molecule has 1 aromatic rings. The number of hydrogen-bond acceptors (Lipinski definition) is 2. The summed E-state index contributed by atoms with van der Waals surface area (Å²) in [6.07, 6.45) is 8.37. The van der Waals surface area contributed by atoms with Crippen LogP contribution in [0, 0.1) is 24.7 Å². The second-order valence-corrected chi connectivity index (χ2v) is 5.10. The van der Waals surface area contributed by atoms with Crippen LogP contribution in [-0.2, 0) is 4.79 Å². The average molecular weight is 228 g/mol. The van der Waals surface area contributed by atoms with Crippen LogP contribution >= 0.6 is 0 Å². The Kier molecular flexibility index (Phi) is 2.46. The van der Waals surface area contributed by atoms with E-state index in [0.717, 1.165) is 18.4 Å². The van der Waals surface area contributed by atoms with Crippen LogP contribution in [0.25, 0.3) is 0 Å². The third-order valence-corrected chi connectivity index (χ3v) is 3.78. The number of aryl methyl sites for hydroxylation is 1. The number of nitrogens with one attached hydrogen (secondary N) is 1. The molecule has 3 rings (SSSR count). The van der Waals surface area contributed by atoms with Crippen molar-refractivity contribution in [3.63, 3.8) is 0 Å². The summed E-state index contributed by atoms with van der Waals surface area (Å²) in [4.78, 5) is 16.3. The Morgan fingerprint density at radius 1 is 1.35 bits per heavy atom. The van der Waals surface area contributed by atoms with Gasteiger partial charge in [-0.05, 0) is 43.2 Å². The SMILES string of the molecule is Cc1ccc(NC(=O)[C@H]2C[C@@H]3C=C[C@H]2C3)nc1. The largest absolute Gasteiger partial charge is 0.310 e. The van der Waals surface area contributed by atoms with Gasteiger partial charge >= 0.3 is 0 Å². The number of carbonyl (C=O) groups is 1. The molecule has 2 aliphatic carbocycles. The predicted octanol–water partition coefficient (Wildman–Crippen LogP) is 2.54. The molecule has 1 N–H and O–H groups in total. The maximum atomic E-state index is 12.1. The number of rotatable bonds is 2. The molecule has 3 heteroatoms. The van der Waals surface area contributed by atoms with E-state index in [1.54, 1.807) is 6.20 Å². The first-order valence-electron chi connectivity index (χ1n) is 6.14. The molecule has 17 heavy (non-hydrogen) atoms. The second kappa shape index (κ2) is 3.99. The minimum Gasteiger partial charge on any atom is -0.310 e. The molecule has 2 bridgehead atoms. The lowest BCUT2D eigenvalue weighted by molar-refractivity contribution is -0.120. The predicted molar refractivity (Wildman–Crippen MR) is 66.4 cm³/mol. The molecule has 1 aromatic heterocycles. The van der Waals surface area contributed by atoms with Gasteiger partial charge in [-0.2, -0.15) is 0 Å². The molecule has 3 nitrogen and oxygen atoms in total. The number of anilines is 1. The van der Waals surface area contributed by atoms with E-state index >= 15 is 0 Å². The Labute approximate surface area is 101 Å². The highest BCUT2D eigenvalue weighted by Crippen LogP contribution is 2.43. The summed E-state index contributed by atoms with van der Waals surface area (Å²) in [5.74, 6) is 2.01. The van der Waals surface area contributed by atoms with Gasteiger partial charge in [-0.25, -0.2) is 4.98 Å². The van der Waals surface area contributed by atoms with Crippen molar-refractivity contribution in [2.24, 2.45) is 17.8 Å². The van der Waals surface area contributed by atoms with Crippen LogP contribution in [0.5, 0.6) is 0 Å². The molecule has 88 valence electrons. The van der Waals surface area contributed by atoms with Gasteiger partial charge in [0, 0.05) is 12.1 Å². The van der Waals surface area contributed by atoms with Crippen LogP contribution in [0.1, 0.15) is 18.4 Å². The van der Waals surface area contributed by atoms with Crippen LogP contribution in [0.4, 0.5) is 5.82 Å². The molecule has 3 atom stereocenters. The first-order chi connectivity index (χ1) is 8.22. The van der Waals surface area contributed by atoms with Gasteiger partial charge in [-0.15, -0.1) is 0 Å². The molecule has 0 spiro atoms. The summed E-state index contributed by atoms with van der Waals surface area (Å²) in [5, 5.41) is 2.91. The normalized spacial score (nSPS) is 29.6. The summed E-state index contributed by atoms with van der Waals surface area (Å²) >= 11 is 0. The molecular weight excluding hydrogens is 212 g/mol. The molecule has 1 heterocycles. The monoisotopic (exact) mass is 228 g/mol. The Hall–Kier alpha value is -1.64. The smallest absolute Gasteiger partial charge is 0.229 e. The van der Waals surface area contributed by atoms with Crippen LogP contribution in [0.15, 0.2) is 30.5 Å². The highest BCUT2D eigenvalue weighted by molar-refractivity contribution is 5.92. The van der Waals surface area contributed by atoms with Gasteiger partial charge in [-0.1, -0.05) is 18.2 Å². The number of fused-ring (bicyclic) bond motifs is 2. The zero-order valence-corrected chi connectivity index (χ0v) is 9.89. The fraction of sp³-hybridized carbons (Fsp3) is 0.429. The standard InChI is InChI=1S/C14H16N2O/c1-9-2-5-13(15-8-9)16-14(17)12-7-10-3-4-11(12)6-10/h2-5,8,10-12H,6-7H2,1H3,(H,15,16,17)/t10-,11+,12+/m1/s1. The summed E-state index contributed by atoms with van der Waals surface area (Å²) in [7, 11) is 0. The van der Waals surface area contributed by atoms with Crippen molar-refractivity contribution in [2.75, 3.05) is 5.32 Å². The molecule has 0 saturated heterocycles. The molecule has 1 fully saturated rings. The van der Waals surface area contributed by atoms with E-state index < -0.39 is 0 Å². The van der Waals surface area contributed by atoms with Gasteiger partial charge in [0.15, 0.2) is 0 Å². The van der Waals surface area contributed by atoms with Crippen molar-refractivity contribution in [3.8, 4) is 0 Å². The molecule has 0 aromatic carbocycles. The van der Waals surface area contributed by atoms with Crippen molar-refractivity contribution in [1.82, 2.24) is 4.98 Å².